The summed E-state index contributed by atoms with van der Waals surface area (Å²) in [7, 11) is 1.02. The summed E-state index contributed by atoms with van der Waals surface area (Å²) in [6.45, 7) is 6.98. The standard InChI is InChI=1S/C8H15P/c1-8(2)6-4-5-7(8)9-3/h5,9H,4,6H2,1-3H3. The van der Waals surface area contributed by atoms with Crippen molar-refractivity contribution >= 4 is 8.58 Å². The third-order valence-electron chi connectivity index (χ3n) is 2.12. The quantitative estimate of drug-likeness (QED) is 0.494. The Bertz CT molecular complexity index is 134. The van der Waals surface area contributed by atoms with Crippen molar-refractivity contribution in [2.75, 3.05) is 6.66 Å². The van der Waals surface area contributed by atoms with Gasteiger partial charge in [0.2, 0.25) is 0 Å². The minimum absolute atomic E-state index is 0.535. The first kappa shape index (κ1) is 7.28. The van der Waals surface area contributed by atoms with Crippen molar-refractivity contribution in [2.45, 2.75) is 26.7 Å². The Morgan fingerprint density at radius 3 is 2.44 bits per heavy atom. The summed E-state index contributed by atoms with van der Waals surface area (Å²) in [6.07, 6.45) is 5.09. The minimum atomic E-state index is 0.535. The van der Waals surface area contributed by atoms with Gasteiger partial charge in [-0.3, -0.25) is 0 Å². The Morgan fingerprint density at radius 2 is 2.22 bits per heavy atom. The summed E-state index contributed by atoms with van der Waals surface area (Å²) < 4.78 is 0. The normalized spacial score (nSPS) is 25.4. The predicted molar refractivity (Wildman–Crippen MR) is 45.3 cm³/mol. The summed E-state index contributed by atoms with van der Waals surface area (Å²) in [5, 5.41) is 1.68. The summed E-state index contributed by atoms with van der Waals surface area (Å²) >= 11 is 0. The molecule has 0 aromatic heterocycles. The highest BCUT2D eigenvalue weighted by molar-refractivity contribution is 7.42. The molecule has 1 unspecified atom stereocenters. The first-order valence-electron chi connectivity index (χ1n) is 3.55. The van der Waals surface area contributed by atoms with Gasteiger partial charge in [-0.05, 0) is 30.2 Å². The highest BCUT2D eigenvalue weighted by Gasteiger charge is 2.25. The lowest BCUT2D eigenvalue weighted by molar-refractivity contribution is 0.462. The van der Waals surface area contributed by atoms with Crippen LogP contribution in [0.4, 0.5) is 0 Å². The van der Waals surface area contributed by atoms with Crippen molar-refractivity contribution in [2.24, 2.45) is 5.41 Å². The van der Waals surface area contributed by atoms with E-state index in [-0.39, 0.29) is 0 Å². The van der Waals surface area contributed by atoms with E-state index in [1.54, 1.807) is 5.31 Å². The second-order valence-electron chi connectivity index (χ2n) is 3.29. The zero-order chi connectivity index (χ0) is 6.91. The molecular formula is C8H15P. The van der Waals surface area contributed by atoms with Gasteiger partial charge in [0.1, 0.15) is 0 Å². The molecule has 0 aromatic carbocycles. The van der Waals surface area contributed by atoms with Crippen molar-refractivity contribution in [1.82, 2.24) is 0 Å². The molecule has 0 aliphatic heterocycles. The first-order chi connectivity index (χ1) is 4.17. The molecule has 0 amide bonds. The fourth-order valence-corrected chi connectivity index (χ4v) is 2.58. The molecule has 0 fully saturated rings. The molecule has 0 saturated carbocycles. The average molecular weight is 142 g/mol. The molecule has 0 N–H and O–H groups in total. The van der Waals surface area contributed by atoms with Crippen LogP contribution in [-0.4, -0.2) is 6.66 Å². The van der Waals surface area contributed by atoms with Gasteiger partial charge in [-0.15, -0.1) is 0 Å². The van der Waals surface area contributed by atoms with E-state index in [1.807, 2.05) is 0 Å². The number of hydrogen-bond acceptors (Lipinski definition) is 0. The topological polar surface area (TPSA) is 0 Å². The van der Waals surface area contributed by atoms with Crippen LogP contribution < -0.4 is 0 Å². The summed E-state index contributed by atoms with van der Waals surface area (Å²) in [6, 6.07) is 0. The first-order valence-corrected chi connectivity index (χ1v) is 5.05. The molecule has 0 bridgehead atoms. The van der Waals surface area contributed by atoms with Gasteiger partial charge in [-0.2, -0.15) is 0 Å². The maximum Gasteiger partial charge on any atom is -0.0102 e. The highest BCUT2D eigenvalue weighted by Crippen LogP contribution is 2.45. The molecule has 0 nitrogen and oxygen atoms in total. The molecule has 1 aliphatic rings. The van der Waals surface area contributed by atoms with Gasteiger partial charge >= 0.3 is 0 Å². The molecule has 1 heteroatoms. The van der Waals surface area contributed by atoms with Crippen molar-refractivity contribution in [1.29, 1.82) is 0 Å². The fourth-order valence-electron chi connectivity index (χ4n) is 1.43. The van der Waals surface area contributed by atoms with Crippen LogP contribution in [0.1, 0.15) is 26.7 Å². The van der Waals surface area contributed by atoms with E-state index >= 15 is 0 Å². The van der Waals surface area contributed by atoms with E-state index in [9.17, 15) is 0 Å². The minimum Gasteiger partial charge on any atom is -0.0978 e. The third kappa shape index (κ3) is 1.35. The molecule has 1 atom stereocenters. The van der Waals surface area contributed by atoms with Gasteiger partial charge in [0.05, 0.1) is 0 Å². The van der Waals surface area contributed by atoms with E-state index in [4.69, 9.17) is 0 Å². The lowest BCUT2D eigenvalue weighted by Crippen LogP contribution is -2.05. The maximum atomic E-state index is 2.42. The Hall–Kier alpha value is 0.170. The molecule has 1 aliphatic carbocycles. The Labute approximate surface area is 59.5 Å². The van der Waals surface area contributed by atoms with Crippen LogP contribution >= 0.6 is 8.58 Å². The Balaban J connectivity index is 2.69. The summed E-state index contributed by atoms with van der Waals surface area (Å²) in [5.74, 6) is 0. The smallest absolute Gasteiger partial charge is 0.0102 e. The molecular weight excluding hydrogens is 127 g/mol. The summed E-state index contributed by atoms with van der Waals surface area (Å²) in [4.78, 5) is 0. The van der Waals surface area contributed by atoms with Crippen LogP contribution in [0.2, 0.25) is 0 Å². The monoisotopic (exact) mass is 142 g/mol. The third-order valence-corrected chi connectivity index (χ3v) is 3.54. The van der Waals surface area contributed by atoms with Crippen molar-refractivity contribution < 1.29 is 0 Å². The van der Waals surface area contributed by atoms with Crippen molar-refractivity contribution in [3.8, 4) is 0 Å². The second-order valence-corrected chi connectivity index (χ2v) is 4.33. The number of hydrogen-bond donors (Lipinski definition) is 0. The van der Waals surface area contributed by atoms with Gasteiger partial charge < -0.3 is 0 Å². The van der Waals surface area contributed by atoms with Crippen LogP contribution in [0, 0.1) is 5.41 Å². The molecule has 0 radical (unpaired) electrons. The van der Waals surface area contributed by atoms with Gasteiger partial charge in [0, 0.05) is 0 Å². The lowest BCUT2D eigenvalue weighted by Gasteiger charge is -2.20. The molecule has 0 saturated heterocycles. The molecule has 0 aromatic rings. The van der Waals surface area contributed by atoms with E-state index in [0.29, 0.717) is 5.41 Å². The number of rotatable bonds is 1. The molecule has 0 spiro atoms. The summed E-state index contributed by atoms with van der Waals surface area (Å²) in [5.41, 5.74) is 0.535. The maximum absolute atomic E-state index is 2.42. The van der Waals surface area contributed by atoms with Crippen LogP contribution in [0.3, 0.4) is 0 Å². The molecule has 1 rings (SSSR count). The van der Waals surface area contributed by atoms with Crippen LogP contribution in [0.5, 0.6) is 0 Å². The van der Waals surface area contributed by atoms with Crippen LogP contribution in [0.25, 0.3) is 0 Å². The Morgan fingerprint density at radius 1 is 1.56 bits per heavy atom. The largest absolute Gasteiger partial charge is 0.0978 e. The van der Waals surface area contributed by atoms with Crippen LogP contribution in [0.15, 0.2) is 11.4 Å². The van der Waals surface area contributed by atoms with Crippen LogP contribution in [-0.2, 0) is 0 Å². The van der Waals surface area contributed by atoms with Gasteiger partial charge in [-0.1, -0.05) is 28.5 Å². The van der Waals surface area contributed by atoms with Gasteiger partial charge in [0.25, 0.3) is 0 Å². The van der Waals surface area contributed by atoms with Gasteiger partial charge in [0.15, 0.2) is 0 Å². The lowest BCUT2D eigenvalue weighted by atomic mass is 9.93. The zero-order valence-corrected chi connectivity index (χ0v) is 7.49. The number of allylic oxidation sites excluding steroid dienone is 2. The Kier molecular flexibility index (Phi) is 1.96. The van der Waals surface area contributed by atoms with E-state index in [2.05, 4.69) is 26.6 Å². The molecule has 52 valence electrons. The van der Waals surface area contributed by atoms with E-state index in [1.165, 1.54) is 12.8 Å². The highest BCUT2D eigenvalue weighted by atomic mass is 31.1. The SMILES string of the molecule is CPC1=CCCC1(C)C. The van der Waals surface area contributed by atoms with Gasteiger partial charge in [-0.25, -0.2) is 0 Å². The molecule has 0 heterocycles. The molecule has 9 heavy (non-hydrogen) atoms. The van der Waals surface area contributed by atoms with E-state index in [0.717, 1.165) is 8.58 Å². The van der Waals surface area contributed by atoms with Crippen molar-refractivity contribution in [3.05, 3.63) is 11.4 Å². The van der Waals surface area contributed by atoms with Crippen molar-refractivity contribution in [3.63, 3.8) is 0 Å². The predicted octanol–water partition coefficient (Wildman–Crippen LogP) is 3.00. The second kappa shape index (κ2) is 2.42. The average Bonchev–Trinajstić information content (AvgIpc) is 2.08. The van der Waals surface area contributed by atoms with E-state index < -0.39 is 0 Å². The fraction of sp³-hybridized carbons (Fsp3) is 0.750. The zero-order valence-electron chi connectivity index (χ0n) is 6.49.